The van der Waals surface area contributed by atoms with Crippen LogP contribution in [0.1, 0.15) is 23.6 Å². The van der Waals surface area contributed by atoms with Crippen LogP contribution in [0.25, 0.3) is 10.9 Å². The van der Waals surface area contributed by atoms with Gasteiger partial charge >= 0.3 is 0 Å². The van der Waals surface area contributed by atoms with E-state index in [9.17, 15) is 4.79 Å². The number of aromatic amines is 1. The number of nitrogens with two attached hydrogens (primary N) is 3. The number of fused-ring (bicyclic) bond motifs is 1. The molecule has 3 rings (SSSR count). The number of hydrogen-bond donors (Lipinski definition) is 4. The Morgan fingerprint density at radius 3 is 2.32 bits per heavy atom. The number of carbonyl (C=O) groups excluding carboxylic acids is 1. The third-order valence-corrected chi connectivity index (χ3v) is 4.38. The lowest BCUT2D eigenvalue weighted by molar-refractivity contribution is -0.119. The molecule has 0 aliphatic carbocycles. The number of H-pyrrole nitrogens is 1. The summed E-state index contributed by atoms with van der Waals surface area (Å²) in [6.45, 7) is 6.60. The van der Waals surface area contributed by atoms with Crippen molar-refractivity contribution in [3.63, 3.8) is 0 Å². The Labute approximate surface area is 166 Å². The Morgan fingerprint density at radius 1 is 1.07 bits per heavy atom. The molecule has 2 aromatic carbocycles. The molecule has 0 radical (unpaired) electrons. The molecule has 7 N–H and O–H groups in total. The van der Waals surface area contributed by atoms with Gasteiger partial charge in [-0.05, 0) is 49.9 Å². The van der Waals surface area contributed by atoms with Crippen LogP contribution < -0.4 is 21.9 Å². The van der Waals surface area contributed by atoms with Crippen molar-refractivity contribution in [3.8, 4) is 5.75 Å². The largest absolute Gasteiger partial charge is 0.491 e. The summed E-state index contributed by atoms with van der Waals surface area (Å²) in [6, 6.07) is 13.5. The van der Waals surface area contributed by atoms with Crippen molar-refractivity contribution in [1.82, 2.24) is 4.98 Å². The number of aromatic nitrogens is 1. The molecular weight excluding hydrogens is 352 g/mol. The van der Waals surface area contributed by atoms with Gasteiger partial charge in [-0.1, -0.05) is 36.4 Å². The summed E-state index contributed by atoms with van der Waals surface area (Å²) in [5.41, 5.74) is 20.8. The molecular formula is C22H30N4O2. The second-order valence-electron chi connectivity index (χ2n) is 7.08. The number of ether oxygens (including phenoxy) is 1. The number of rotatable bonds is 6. The van der Waals surface area contributed by atoms with Crippen LogP contribution in [0, 0.1) is 13.8 Å². The second kappa shape index (κ2) is 9.92. The summed E-state index contributed by atoms with van der Waals surface area (Å²) in [5, 5.41) is 1.09. The molecule has 3 aromatic rings. The molecule has 2 unspecified atom stereocenters. The van der Waals surface area contributed by atoms with Gasteiger partial charge in [0.2, 0.25) is 5.91 Å². The zero-order valence-corrected chi connectivity index (χ0v) is 16.7. The fraction of sp³-hybridized carbons (Fsp3) is 0.318. The van der Waals surface area contributed by atoms with E-state index in [-0.39, 0.29) is 6.04 Å². The van der Waals surface area contributed by atoms with Crippen molar-refractivity contribution in [2.75, 3.05) is 6.61 Å². The summed E-state index contributed by atoms with van der Waals surface area (Å²) in [6.07, 6.45) is 2.34. The maximum absolute atomic E-state index is 10.8. The predicted molar refractivity (Wildman–Crippen MR) is 114 cm³/mol. The highest BCUT2D eigenvalue weighted by atomic mass is 16.5. The Hall–Kier alpha value is -2.83. The molecule has 0 fully saturated rings. The van der Waals surface area contributed by atoms with Gasteiger partial charge in [-0.2, -0.15) is 0 Å². The highest BCUT2D eigenvalue weighted by Crippen LogP contribution is 2.22. The number of hydrogen-bond acceptors (Lipinski definition) is 4. The van der Waals surface area contributed by atoms with E-state index in [2.05, 4.69) is 4.98 Å². The van der Waals surface area contributed by atoms with Gasteiger partial charge in [0.15, 0.2) is 0 Å². The van der Waals surface area contributed by atoms with Gasteiger partial charge in [0.05, 0.1) is 6.04 Å². The zero-order chi connectivity index (χ0) is 20.7. The first-order valence-corrected chi connectivity index (χ1v) is 9.34. The van der Waals surface area contributed by atoms with E-state index in [1.54, 1.807) is 0 Å². The van der Waals surface area contributed by atoms with Crippen LogP contribution in [0.4, 0.5) is 0 Å². The molecule has 0 saturated heterocycles. The molecule has 1 aromatic heterocycles. The molecule has 0 aliphatic heterocycles. The van der Waals surface area contributed by atoms with Crippen molar-refractivity contribution >= 4 is 16.8 Å². The number of carbonyl (C=O) groups is 1. The fourth-order valence-corrected chi connectivity index (χ4v) is 2.88. The number of amides is 1. The van der Waals surface area contributed by atoms with Crippen LogP contribution in [-0.4, -0.2) is 29.6 Å². The minimum atomic E-state index is -0.621. The first-order valence-electron chi connectivity index (χ1n) is 9.34. The lowest BCUT2D eigenvalue weighted by Gasteiger charge is -2.13. The van der Waals surface area contributed by atoms with Gasteiger partial charge < -0.3 is 26.9 Å². The van der Waals surface area contributed by atoms with Crippen molar-refractivity contribution in [2.24, 2.45) is 17.2 Å². The number of primary amides is 1. The van der Waals surface area contributed by atoms with Crippen LogP contribution >= 0.6 is 0 Å². The Balaban J connectivity index is 0.000000203. The fourth-order valence-electron chi connectivity index (χ4n) is 2.88. The predicted octanol–water partition coefficient (Wildman–Crippen LogP) is 2.55. The second-order valence-corrected chi connectivity index (χ2v) is 7.08. The van der Waals surface area contributed by atoms with Crippen LogP contribution in [0.15, 0.2) is 48.7 Å². The molecule has 2 atom stereocenters. The average Bonchev–Trinajstić information content (AvgIpc) is 3.04. The van der Waals surface area contributed by atoms with Crippen molar-refractivity contribution < 1.29 is 9.53 Å². The Morgan fingerprint density at radius 2 is 1.71 bits per heavy atom. The molecule has 150 valence electrons. The normalized spacial score (nSPS) is 12.8. The molecule has 0 bridgehead atoms. The summed E-state index contributed by atoms with van der Waals surface area (Å²) >= 11 is 0. The average molecular weight is 383 g/mol. The molecule has 0 spiro atoms. The van der Waals surface area contributed by atoms with Crippen LogP contribution in [0.5, 0.6) is 5.75 Å². The third kappa shape index (κ3) is 5.84. The van der Waals surface area contributed by atoms with Crippen molar-refractivity contribution in [3.05, 3.63) is 65.4 Å². The van der Waals surface area contributed by atoms with E-state index in [4.69, 9.17) is 21.9 Å². The molecule has 1 heterocycles. The number of benzene rings is 2. The van der Waals surface area contributed by atoms with Gasteiger partial charge in [-0.3, -0.25) is 4.79 Å². The lowest BCUT2D eigenvalue weighted by atomic mass is 10.1. The zero-order valence-electron chi connectivity index (χ0n) is 16.7. The highest BCUT2D eigenvalue weighted by molar-refractivity contribution is 5.85. The van der Waals surface area contributed by atoms with E-state index in [0.29, 0.717) is 13.0 Å². The molecule has 28 heavy (non-hydrogen) atoms. The van der Waals surface area contributed by atoms with Crippen LogP contribution in [0.2, 0.25) is 0 Å². The molecule has 6 nitrogen and oxygen atoms in total. The quantitative estimate of drug-likeness (QED) is 0.523. The molecule has 0 aliphatic rings. The first kappa shape index (κ1) is 21.5. The van der Waals surface area contributed by atoms with Gasteiger partial charge in [-0.15, -0.1) is 0 Å². The summed E-state index contributed by atoms with van der Waals surface area (Å²) in [4.78, 5) is 14.0. The van der Waals surface area contributed by atoms with E-state index in [0.717, 1.165) is 22.2 Å². The van der Waals surface area contributed by atoms with E-state index in [1.165, 1.54) is 11.1 Å². The number of para-hydroxylation sites is 2. The lowest BCUT2D eigenvalue weighted by Crippen LogP contribution is -2.38. The topological polar surface area (TPSA) is 120 Å². The Bertz CT molecular complexity index is 898. The maximum atomic E-state index is 10.8. The van der Waals surface area contributed by atoms with E-state index < -0.39 is 11.9 Å². The SMILES string of the molecule is Cc1cccc(C)c1OCC(C)N.NC(=O)C(N)Cc1c[nH]c2ccccc12. The number of aryl methyl sites for hydroxylation is 2. The van der Waals surface area contributed by atoms with Crippen LogP contribution in [-0.2, 0) is 11.2 Å². The van der Waals surface area contributed by atoms with E-state index >= 15 is 0 Å². The standard InChI is InChI=1S/C11H13N3O.C11H17NO/c12-9(11(13)15)5-7-6-14-10-4-2-1-3-8(7)10;1-8-5-4-6-9(2)11(8)13-7-10(3)12/h1-4,6,9,14H,5,12H2,(H2,13,15);4-6,10H,7,12H2,1-3H3. The summed E-state index contributed by atoms with van der Waals surface area (Å²) in [5.74, 6) is 0.500. The molecule has 6 heteroatoms. The van der Waals surface area contributed by atoms with Gasteiger partial charge in [-0.25, -0.2) is 0 Å². The van der Waals surface area contributed by atoms with E-state index in [1.807, 2.05) is 69.4 Å². The third-order valence-electron chi connectivity index (χ3n) is 4.38. The minimum absolute atomic E-state index is 0.0824. The van der Waals surface area contributed by atoms with Crippen LogP contribution in [0.3, 0.4) is 0 Å². The van der Waals surface area contributed by atoms with Gasteiger partial charge in [0.1, 0.15) is 12.4 Å². The van der Waals surface area contributed by atoms with Crippen molar-refractivity contribution in [2.45, 2.75) is 39.3 Å². The summed E-state index contributed by atoms with van der Waals surface area (Å²) < 4.78 is 5.60. The highest BCUT2D eigenvalue weighted by Gasteiger charge is 2.12. The number of nitrogens with one attached hydrogen (secondary N) is 1. The minimum Gasteiger partial charge on any atom is -0.491 e. The Kier molecular flexibility index (Phi) is 7.61. The van der Waals surface area contributed by atoms with Gasteiger partial charge in [0.25, 0.3) is 0 Å². The van der Waals surface area contributed by atoms with Crippen molar-refractivity contribution in [1.29, 1.82) is 0 Å². The molecule has 1 amide bonds. The molecule has 0 saturated carbocycles. The summed E-state index contributed by atoms with van der Waals surface area (Å²) in [7, 11) is 0. The first-order chi connectivity index (χ1) is 13.3. The monoisotopic (exact) mass is 382 g/mol. The maximum Gasteiger partial charge on any atom is 0.234 e. The van der Waals surface area contributed by atoms with Gasteiger partial charge in [0, 0.05) is 23.1 Å². The smallest absolute Gasteiger partial charge is 0.234 e.